The van der Waals surface area contributed by atoms with Gasteiger partial charge in [-0.05, 0) is 40.0 Å². The van der Waals surface area contributed by atoms with E-state index >= 15 is 0 Å². The van der Waals surface area contributed by atoms with Gasteiger partial charge in [0.2, 0.25) is 0 Å². The lowest BCUT2D eigenvalue weighted by Gasteiger charge is -2.33. The fourth-order valence-electron chi connectivity index (χ4n) is 2.42. The van der Waals surface area contributed by atoms with Crippen LogP contribution in [0, 0.1) is 13.8 Å². The number of likely N-dealkylation sites (tertiary alicyclic amines) is 1. The van der Waals surface area contributed by atoms with Crippen LogP contribution in [0.4, 0.5) is 4.79 Å². The molecular formula is C13H21N3O2. The molecule has 1 fully saturated rings. The molecule has 1 atom stereocenters. The smallest absolute Gasteiger partial charge is 0.317 e. The molecule has 1 unspecified atom stereocenters. The standard InChI is InChI=1S/C13H21N3O2/c1-9-6-4-5-7-16(9)13(17)14-8-12-10(2)15-18-11(12)3/h9H,4-8H2,1-3H3,(H,14,17). The Morgan fingerprint density at radius 3 is 2.89 bits per heavy atom. The fraction of sp³-hybridized carbons (Fsp3) is 0.692. The molecule has 0 aliphatic carbocycles. The largest absolute Gasteiger partial charge is 0.361 e. The van der Waals surface area contributed by atoms with Gasteiger partial charge in [0, 0.05) is 24.7 Å². The molecule has 2 amide bonds. The third kappa shape index (κ3) is 2.66. The number of amides is 2. The van der Waals surface area contributed by atoms with Crippen molar-refractivity contribution in [2.24, 2.45) is 0 Å². The molecule has 1 aliphatic rings. The normalized spacial score (nSPS) is 19.9. The van der Waals surface area contributed by atoms with Gasteiger partial charge in [0.15, 0.2) is 0 Å². The Morgan fingerprint density at radius 2 is 2.28 bits per heavy atom. The second-order valence-corrected chi connectivity index (χ2v) is 5.00. The lowest BCUT2D eigenvalue weighted by Crippen LogP contribution is -2.47. The van der Waals surface area contributed by atoms with Crippen molar-refractivity contribution >= 4 is 6.03 Å². The van der Waals surface area contributed by atoms with Crippen LogP contribution in [0.5, 0.6) is 0 Å². The van der Waals surface area contributed by atoms with Crippen LogP contribution in [0.2, 0.25) is 0 Å². The van der Waals surface area contributed by atoms with Crippen molar-refractivity contribution in [1.82, 2.24) is 15.4 Å². The Hall–Kier alpha value is -1.52. The van der Waals surface area contributed by atoms with Crippen LogP contribution >= 0.6 is 0 Å². The number of rotatable bonds is 2. The van der Waals surface area contributed by atoms with Crippen LogP contribution in [0.15, 0.2) is 4.52 Å². The molecule has 1 aromatic rings. The van der Waals surface area contributed by atoms with Crippen LogP contribution < -0.4 is 5.32 Å². The summed E-state index contributed by atoms with van der Waals surface area (Å²) in [6, 6.07) is 0.352. The molecule has 0 saturated carbocycles. The van der Waals surface area contributed by atoms with Crippen LogP contribution in [-0.2, 0) is 6.54 Å². The number of aryl methyl sites for hydroxylation is 2. The molecule has 2 rings (SSSR count). The molecule has 1 saturated heterocycles. The highest BCUT2D eigenvalue weighted by atomic mass is 16.5. The molecule has 0 bridgehead atoms. The van der Waals surface area contributed by atoms with Crippen molar-refractivity contribution < 1.29 is 9.32 Å². The highest BCUT2D eigenvalue weighted by Crippen LogP contribution is 2.17. The summed E-state index contributed by atoms with van der Waals surface area (Å²) in [5.41, 5.74) is 1.83. The summed E-state index contributed by atoms with van der Waals surface area (Å²) < 4.78 is 5.08. The summed E-state index contributed by atoms with van der Waals surface area (Å²) in [4.78, 5) is 14.0. The van der Waals surface area contributed by atoms with Gasteiger partial charge in [0.1, 0.15) is 5.76 Å². The molecule has 2 heterocycles. The lowest BCUT2D eigenvalue weighted by molar-refractivity contribution is 0.158. The number of nitrogens with one attached hydrogen (secondary N) is 1. The fourth-order valence-corrected chi connectivity index (χ4v) is 2.42. The third-order valence-corrected chi connectivity index (χ3v) is 3.66. The van der Waals surface area contributed by atoms with E-state index in [0.717, 1.165) is 36.4 Å². The maximum absolute atomic E-state index is 12.1. The molecule has 5 nitrogen and oxygen atoms in total. The van der Waals surface area contributed by atoms with E-state index in [9.17, 15) is 4.79 Å². The Kier molecular flexibility index (Phi) is 3.89. The Labute approximate surface area is 108 Å². The van der Waals surface area contributed by atoms with E-state index in [0.29, 0.717) is 12.6 Å². The van der Waals surface area contributed by atoms with Crippen LogP contribution in [0.1, 0.15) is 43.2 Å². The first-order chi connectivity index (χ1) is 8.59. The number of aromatic nitrogens is 1. The summed E-state index contributed by atoms with van der Waals surface area (Å²) in [5, 5.41) is 6.84. The second-order valence-electron chi connectivity index (χ2n) is 5.00. The topological polar surface area (TPSA) is 58.4 Å². The van der Waals surface area contributed by atoms with Crippen LogP contribution in [0.25, 0.3) is 0 Å². The zero-order valence-corrected chi connectivity index (χ0v) is 11.3. The van der Waals surface area contributed by atoms with E-state index in [1.165, 1.54) is 6.42 Å². The van der Waals surface area contributed by atoms with Gasteiger partial charge in [0.25, 0.3) is 0 Å². The first-order valence-corrected chi connectivity index (χ1v) is 6.56. The van der Waals surface area contributed by atoms with E-state index in [2.05, 4.69) is 17.4 Å². The minimum absolute atomic E-state index is 0.0159. The third-order valence-electron chi connectivity index (χ3n) is 3.66. The predicted octanol–water partition coefficient (Wildman–Crippen LogP) is 2.38. The number of nitrogens with zero attached hydrogens (tertiary/aromatic N) is 2. The molecule has 0 radical (unpaired) electrons. The average molecular weight is 251 g/mol. The van der Waals surface area contributed by atoms with E-state index in [-0.39, 0.29) is 6.03 Å². The van der Waals surface area contributed by atoms with Gasteiger partial charge in [-0.25, -0.2) is 4.79 Å². The van der Waals surface area contributed by atoms with Gasteiger partial charge in [-0.15, -0.1) is 0 Å². The van der Waals surface area contributed by atoms with Gasteiger partial charge < -0.3 is 14.7 Å². The summed E-state index contributed by atoms with van der Waals surface area (Å²) in [5.74, 6) is 0.777. The van der Waals surface area contributed by atoms with Gasteiger partial charge in [-0.1, -0.05) is 5.16 Å². The number of hydrogen-bond acceptors (Lipinski definition) is 3. The maximum Gasteiger partial charge on any atom is 0.317 e. The monoisotopic (exact) mass is 251 g/mol. The molecule has 18 heavy (non-hydrogen) atoms. The summed E-state index contributed by atoms with van der Waals surface area (Å²) in [7, 11) is 0. The van der Waals surface area contributed by atoms with Gasteiger partial charge in [-0.3, -0.25) is 0 Å². The SMILES string of the molecule is Cc1noc(C)c1CNC(=O)N1CCCCC1C. The number of piperidine rings is 1. The Balaban J connectivity index is 1.92. The summed E-state index contributed by atoms with van der Waals surface area (Å²) in [6.07, 6.45) is 3.41. The molecule has 1 aliphatic heterocycles. The quantitative estimate of drug-likeness (QED) is 0.878. The van der Waals surface area contributed by atoms with Crippen molar-refractivity contribution in [2.75, 3.05) is 6.54 Å². The van der Waals surface area contributed by atoms with E-state index in [4.69, 9.17) is 4.52 Å². The van der Waals surface area contributed by atoms with Gasteiger partial charge in [-0.2, -0.15) is 0 Å². The second kappa shape index (κ2) is 5.42. The average Bonchev–Trinajstić information content (AvgIpc) is 2.67. The first-order valence-electron chi connectivity index (χ1n) is 6.56. The number of hydrogen-bond donors (Lipinski definition) is 1. The molecule has 1 aromatic heterocycles. The minimum Gasteiger partial charge on any atom is -0.361 e. The zero-order valence-electron chi connectivity index (χ0n) is 11.3. The summed E-state index contributed by atoms with van der Waals surface area (Å²) >= 11 is 0. The van der Waals surface area contributed by atoms with Crippen LogP contribution in [-0.4, -0.2) is 28.7 Å². The zero-order chi connectivity index (χ0) is 13.1. The molecule has 100 valence electrons. The van der Waals surface area contributed by atoms with E-state index in [1.807, 2.05) is 18.7 Å². The predicted molar refractivity (Wildman–Crippen MR) is 68.2 cm³/mol. The number of urea groups is 1. The minimum atomic E-state index is 0.0159. The maximum atomic E-state index is 12.1. The van der Waals surface area contributed by atoms with Crippen molar-refractivity contribution in [3.05, 3.63) is 17.0 Å². The Morgan fingerprint density at radius 1 is 1.50 bits per heavy atom. The molecule has 0 spiro atoms. The molecule has 1 N–H and O–H groups in total. The van der Waals surface area contributed by atoms with Crippen molar-refractivity contribution in [1.29, 1.82) is 0 Å². The first kappa shape index (κ1) is 12.9. The Bertz CT molecular complexity index is 408. The van der Waals surface area contributed by atoms with Crippen molar-refractivity contribution in [3.8, 4) is 0 Å². The highest BCUT2D eigenvalue weighted by molar-refractivity contribution is 5.74. The number of carbonyl (C=O) groups is 1. The highest BCUT2D eigenvalue weighted by Gasteiger charge is 2.23. The summed E-state index contributed by atoms with van der Waals surface area (Å²) in [6.45, 7) is 7.21. The molecule has 0 aromatic carbocycles. The molecular weight excluding hydrogens is 230 g/mol. The van der Waals surface area contributed by atoms with Crippen molar-refractivity contribution in [2.45, 2.75) is 52.6 Å². The van der Waals surface area contributed by atoms with Gasteiger partial charge >= 0.3 is 6.03 Å². The number of carbonyl (C=O) groups excluding carboxylic acids is 1. The van der Waals surface area contributed by atoms with Crippen molar-refractivity contribution in [3.63, 3.8) is 0 Å². The lowest BCUT2D eigenvalue weighted by atomic mass is 10.0. The molecule has 5 heteroatoms. The van der Waals surface area contributed by atoms with Gasteiger partial charge in [0.05, 0.1) is 5.69 Å². The van der Waals surface area contributed by atoms with E-state index in [1.54, 1.807) is 0 Å². The van der Waals surface area contributed by atoms with Crippen LogP contribution in [0.3, 0.4) is 0 Å². The van der Waals surface area contributed by atoms with E-state index < -0.39 is 0 Å².